The maximum Gasteiger partial charge on any atom is 0.176 e. The van der Waals surface area contributed by atoms with Crippen molar-refractivity contribution < 1.29 is 9.53 Å². The van der Waals surface area contributed by atoms with Crippen LogP contribution in [0, 0.1) is 5.92 Å². The lowest BCUT2D eigenvalue weighted by Gasteiger charge is -2.17. The first-order valence-corrected chi connectivity index (χ1v) is 6.38. The van der Waals surface area contributed by atoms with Crippen molar-refractivity contribution in [1.29, 1.82) is 0 Å². The molecule has 0 heterocycles. The normalized spacial score (nSPS) is 11.0. The molecule has 0 radical (unpaired) electrons. The molecule has 0 unspecified atom stereocenters. The third-order valence-corrected chi connectivity index (χ3v) is 2.89. The Labute approximate surface area is 110 Å². The van der Waals surface area contributed by atoms with E-state index in [2.05, 4.69) is 18.7 Å². The van der Waals surface area contributed by atoms with E-state index in [1.807, 2.05) is 25.2 Å². The molecule has 1 rings (SSSR count). The molecule has 0 atom stereocenters. The molecule has 0 aromatic heterocycles. The second-order valence-electron chi connectivity index (χ2n) is 5.08. The van der Waals surface area contributed by atoms with Gasteiger partial charge in [0.2, 0.25) is 0 Å². The van der Waals surface area contributed by atoms with Crippen LogP contribution >= 0.6 is 0 Å². The van der Waals surface area contributed by atoms with Crippen molar-refractivity contribution in [3.05, 3.63) is 29.8 Å². The van der Waals surface area contributed by atoms with Gasteiger partial charge in [-0.3, -0.25) is 9.69 Å². The minimum Gasteiger partial charge on any atom is -0.497 e. The summed E-state index contributed by atoms with van der Waals surface area (Å²) in [5.74, 6) is 1.53. The first kappa shape index (κ1) is 14.7. The Morgan fingerprint density at radius 3 is 2.72 bits per heavy atom. The second kappa shape index (κ2) is 7.17. The Hall–Kier alpha value is -1.35. The quantitative estimate of drug-likeness (QED) is 0.696. The van der Waals surface area contributed by atoms with Crippen molar-refractivity contribution in [3.8, 4) is 5.75 Å². The predicted molar refractivity (Wildman–Crippen MR) is 74.3 cm³/mol. The Morgan fingerprint density at radius 1 is 1.39 bits per heavy atom. The van der Waals surface area contributed by atoms with Crippen molar-refractivity contribution in [2.75, 3.05) is 27.2 Å². The van der Waals surface area contributed by atoms with Gasteiger partial charge in [-0.1, -0.05) is 26.0 Å². The van der Waals surface area contributed by atoms with Gasteiger partial charge in [-0.05, 0) is 38.1 Å². The Kier molecular flexibility index (Phi) is 5.86. The number of Topliss-reactive ketones (excluding diaryl/α,β-unsaturated/α-hetero) is 1. The summed E-state index contributed by atoms with van der Waals surface area (Å²) in [6, 6.07) is 7.32. The molecule has 0 saturated carbocycles. The van der Waals surface area contributed by atoms with Crippen molar-refractivity contribution >= 4 is 5.78 Å². The molecule has 0 saturated heterocycles. The highest BCUT2D eigenvalue weighted by Gasteiger charge is 2.10. The fourth-order valence-electron chi connectivity index (χ4n) is 1.69. The fourth-order valence-corrected chi connectivity index (χ4v) is 1.69. The molecule has 3 heteroatoms. The number of benzene rings is 1. The molecule has 0 N–H and O–H groups in total. The van der Waals surface area contributed by atoms with Crippen molar-refractivity contribution in [3.63, 3.8) is 0 Å². The number of carbonyl (C=O) groups excluding carboxylic acids is 1. The number of ketones is 1. The number of ether oxygens (including phenoxy) is 1. The molecule has 18 heavy (non-hydrogen) atoms. The van der Waals surface area contributed by atoms with Gasteiger partial charge in [0.15, 0.2) is 5.78 Å². The molecule has 0 spiro atoms. The van der Waals surface area contributed by atoms with Gasteiger partial charge < -0.3 is 4.74 Å². The van der Waals surface area contributed by atoms with E-state index in [1.165, 1.54) is 0 Å². The van der Waals surface area contributed by atoms with E-state index < -0.39 is 0 Å². The van der Waals surface area contributed by atoms with Crippen LogP contribution in [0.5, 0.6) is 5.75 Å². The zero-order valence-corrected chi connectivity index (χ0v) is 11.8. The smallest absolute Gasteiger partial charge is 0.176 e. The molecular weight excluding hydrogens is 226 g/mol. The van der Waals surface area contributed by atoms with Gasteiger partial charge in [-0.15, -0.1) is 0 Å². The lowest BCUT2D eigenvalue weighted by molar-refractivity contribution is 0.0943. The van der Waals surface area contributed by atoms with Crippen molar-refractivity contribution in [1.82, 2.24) is 4.90 Å². The van der Waals surface area contributed by atoms with Crippen LogP contribution in [0.3, 0.4) is 0 Å². The van der Waals surface area contributed by atoms with Crippen LogP contribution in [0.1, 0.15) is 30.6 Å². The van der Waals surface area contributed by atoms with E-state index in [4.69, 9.17) is 4.74 Å². The first-order valence-electron chi connectivity index (χ1n) is 6.38. The second-order valence-corrected chi connectivity index (χ2v) is 5.08. The van der Waals surface area contributed by atoms with Crippen LogP contribution in [0.4, 0.5) is 0 Å². The van der Waals surface area contributed by atoms with Crippen molar-refractivity contribution in [2.24, 2.45) is 5.92 Å². The average Bonchev–Trinajstić information content (AvgIpc) is 2.36. The Bertz CT molecular complexity index is 388. The molecule has 0 aliphatic carbocycles. The number of hydrogen-bond donors (Lipinski definition) is 0. The van der Waals surface area contributed by atoms with Gasteiger partial charge in [-0.2, -0.15) is 0 Å². The third kappa shape index (κ3) is 4.88. The van der Waals surface area contributed by atoms with E-state index in [1.54, 1.807) is 13.2 Å². The SMILES string of the molecule is COc1cccc(C(=O)CN(C)CCC(C)C)c1. The number of likely N-dealkylation sites (N-methyl/N-ethyl adjacent to an activating group) is 1. The summed E-state index contributed by atoms with van der Waals surface area (Å²) in [5.41, 5.74) is 0.714. The molecule has 0 amide bonds. The van der Waals surface area contributed by atoms with E-state index in [9.17, 15) is 4.79 Å². The lowest BCUT2D eigenvalue weighted by atomic mass is 10.1. The molecule has 1 aromatic carbocycles. The first-order chi connectivity index (χ1) is 8.52. The molecule has 1 aromatic rings. The Morgan fingerprint density at radius 2 is 2.11 bits per heavy atom. The summed E-state index contributed by atoms with van der Waals surface area (Å²) in [5, 5.41) is 0. The third-order valence-electron chi connectivity index (χ3n) is 2.89. The maximum atomic E-state index is 12.1. The van der Waals surface area contributed by atoms with Crippen LogP contribution in [-0.4, -0.2) is 37.9 Å². The van der Waals surface area contributed by atoms with Crippen LogP contribution < -0.4 is 4.74 Å². The molecule has 0 aliphatic heterocycles. The van der Waals surface area contributed by atoms with Crippen LogP contribution in [0.2, 0.25) is 0 Å². The average molecular weight is 249 g/mol. The number of rotatable bonds is 7. The lowest BCUT2D eigenvalue weighted by Crippen LogP contribution is -2.27. The molecule has 0 fully saturated rings. The van der Waals surface area contributed by atoms with Gasteiger partial charge in [0.05, 0.1) is 13.7 Å². The highest BCUT2D eigenvalue weighted by atomic mass is 16.5. The number of methoxy groups -OCH3 is 1. The molecule has 3 nitrogen and oxygen atoms in total. The number of carbonyl (C=O) groups is 1. The zero-order valence-electron chi connectivity index (χ0n) is 11.8. The zero-order chi connectivity index (χ0) is 13.5. The summed E-state index contributed by atoms with van der Waals surface area (Å²) in [7, 11) is 3.60. The van der Waals surface area contributed by atoms with E-state index in [-0.39, 0.29) is 5.78 Å². The monoisotopic (exact) mass is 249 g/mol. The number of nitrogens with zero attached hydrogens (tertiary/aromatic N) is 1. The van der Waals surface area contributed by atoms with Gasteiger partial charge in [-0.25, -0.2) is 0 Å². The summed E-state index contributed by atoms with van der Waals surface area (Å²) in [6.07, 6.45) is 1.11. The molecule has 0 bridgehead atoms. The number of hydrogen-bond acceptors (Lipinski definition) is 3. The minimum atomic E-state index is 0.139. The van der Waals surface area contributed by atoms with Crippen LogP contribution in [0.15, 0.2) is 24.3 Å². The fraction of sp³-hybridized carbons (Fsp3) is 0.533. The highest BCUT2D eigenvalue weighted by Crippen LogP contribution is 2.13. The van der Waals surface area contributed by atoms with Crippen LogP contribution in [-0.2, 0) is 0 Å². The van der Waals surface area contributed by atoms with Crippen LogP contribution in [0.25, 0.3) is 0 Å². The maximum absolute atomic E-state index is 12.1. The summed E-state index contributed by atoms with van der Waals surface area (Å²) in [4.78, 5) is 14.1. The highest BCUT2D eigenvalue weighted by molar-refractivity contribution is 5.97. The summed E-state index contributed by atoms with van der Waals surface area (Å²) >= 11 is 0. The minimum absolute atomic E-state index is 0.139. The largest absolute Gasteiger partial charge is 0.497 e. The van der Waals surface area contributed by atoms with Gasteiger partial charge >= 0.3 is 0 Å². The molecule has 0 aliphatic rings. The van der Waals surface area contributed by atoms with E-state index >= 15 is 0 Å². The standard InChI is InChI=1S/C15H23NO2/c1-12(2)8-9-16(3)11-15(17)13-6-5-7-14(10-13)18-4/h5-7,10,12H,8-9,11H2,1-4H3. The van der Waals surface area contributed by atoms with Crippen molar-refractivity contribution in [2.45, 2.75) is 20.3 Å². The summed E-state index contributed by atoms with van der Waals surface area (Å²) in [6.45, 7) is 5.79. The van der Waals surface area contributed by atoms with E-state index in [0.29, 0.717) is 18.0 Å². The van der Waals surface area contributed by atoms with Gasteiger partial charge in [0, 0.05) is 5.56 Å². The Balaban J connectivity index is 2.53. The van der Waals surface area contributed by atoms with Gasteiger partial charge in [0.1, 0.15) is 5.75 Å². The van der Waals surface area contributed by atoms with Gasteiger partial charge in [0.25, 0.3) is 0 Å². The predicted octanol–water partition coefficient (Wildman–Crippen LogP) is 2.86. The molecular formula is C15H23NO2. The molecule has 100 valence electrons. The van der Waals surface area contributed by atoms with E-state index in [0.717, 1.165) is 18.7 Å². The summed E-state index contributed by atoms with van der Waals surface area (Å²) < 4.78 is 5.12. The topological polar surface area (TPSA) is 29.5 Å².